The van der Waals surface area contributed by atoms with Gasteiger partial charge in [-0.1, -0.05) is 24.3 Å². The van der Waals surface area contributed by atoms with Crippen molar-refractivity contribution >= 4 is 35.4 Å². The van der Waals surface area contributed by atoms with Gasteiger partial charge in [-0.05, 0) is 160 Å². The molecule has 4 aliphatic rings. The van der Waals surface area contributed by atoms with Gasteiger partial charge in [0.25, 0.3) is 0 Å². The Balaban J connectivity index is 0.946. The number of hydrogen-bond donors (Lipinski definition) is 6. The van der Waals surface area contributed by atoms with Gasteiger partial charge >= 0.3 is 0 Å². The molecule has 356 valence electrons. The van der Waals surface area contributed by atoms with E-state index in [0.717, 1.165) is 104 Å². The zero-order chi connectivity index (χ0) is 46.6. The monoisotopic (exact) mass is 901 g/mol. The molecule has 0 bridgehead atoms. The Morgan fingerprint density at radius 3 is 1.38 bits per heavy atom. The smallest absolute Gasteiger partial charge is 0.245 e. The summed E-state index contributed by atoms with van der Waals surface area (Å²) in [5.74, 6) is 0.339. The van der Waals surface area contributed by atoms with E-state index >= 15 is 0 Å². The molecule has 0 radical (unpaired) electrons. The number of fused-ring (bicyclic) bond motifs is 2. The minimum Gasteiger partial charge on any atom is -0.493 e. The standard InChI is InChI=1S/C49H72N8O8/c1-30(50-5)44(58)52-32(3)48(62)56-26-14-22-40(56)46(60)54-38-20-10-18-36-34(38)16-12-24-42(36)64-28-8-7-9-29-65-43-25-13-17-35-37(43)19-11-21-39(35)55-47(61)41-23-15-27-57(41)49(63)33(4)53-45(59)31(2)51-6/h12-13,16-17,24-25,30-33,38-41,50-51H,7-11,14-15,18-23,26-29H2,1-6H3,(H,52,58)(H,53,59)(H,54,60)(H,55,61)/t30-,31-,32-,33-,38+,39+,40-,41-/m0/s1. The van der Waals surface area contributed by atoms with Crippen molar-refractivity contribution in [2.75, 3.05) is 40.4 Å². The van der Waals surface area contributed by atoms with Crippen molar-refractivity contribution in [3.63, 3.8) is 0 Å². The maximum Gasteiger partial charge on any atom is 0.245 e. The SMILES string of the molecule is CN[C@@H](C)C(=O)N[C@@H](C)C(=O)N1CCC[C@H]1C(=O)N[C@@H]1CCCc2c(OCCCCCOc3cccc4c3CCC[C@H]4NC(=O)[C@@H]3CCCN3C(=O)[C@H](C)NC(=O)[C@H](C)NC)cccc21. The maximum absolute atomic E-state index is 13.7. The zero-order valence-corrected chi connectivity index (χ0v) is 39.3. The fourth-order valence-electron chi connectivity index (χ4n) is 9.65. The second kappa shape index (κ2) is 23.3. The maximum atomic E-state index is 13.7. The summed E-state index contributed by atoms with van der Waals surface area (Å²) in [6, 6.07) is 8.24. The van der Waals surface area contributed by atoms with Gasteiger partial charge in [0.05, 0.1) is 37.4 Å². The summed E-state index contributed by atoms with van der Waals surface area (Å²) in [7, 11) is 3.38. The fourth-order valence-corrected chi connectivity index (χ4v) is 9.65. The minimum absolute atomic E-state index is 0.164. The van der Waals surface area contributed by atoms with Crippen molar-refractivity contribution in [2.45, 2.75) is 160 Å². The van der Waals surface area contributed by atoms with Crippen molar-refractivity contribution < 1.29 is 38.2 Å². The summed E-state index contributed by atoms with van der Waals surface area (Å²) < 4.78 is 12.7. The summed E-state index contributed by atoms with van der Waals surface area (Å²) in [5, 5.41) is 17.8. The molecule has 0 unspecified atom stereocenters. The normalized spacial score (nSPS) is 22.1. The Morgan fingerprint density at radius 2 is 0.985 bits per heavy atom. The van der Waals surface area contributed by atoms with E-state index in [-0.39, 0.29) is 47.5 Å². The van der Waals surface area contributed by atoms with Crippen LogP contribution in [0.1, 0.15) is 133 Å². The first-order valence-corrected chi connectivity index (χ1v) is 24.0. The number of unbranched alkanes of at least 4 members (excludes halogenated alkanes) is 2. The summed E-state index contributed by atoms with van der Waals surface area (Å²) in [5.41, 5.74) is 4.36. The van der Waals surface area contributed by atoms with Gasteiger partial charge in [0.2, 0.25) is 35.4 Å². The fraction of sp³-hybridized carbons (Fsp3) is 0.633. The van der Waals surface area contributed by atoms with Crippen molar-refractivity contribution in [1.29, 1.82) is 0 Å². The van der Waals surface area contributed by atoms with Crippen molar-refractivity contribution in [3.05, 3.63) is 58.7 Å². The highest BCUT2D eigenvalue weighted by molar-refractivity contribution is 5.94. The first-order chi connectivity index (χ1) is 31.3. The van der Waals surface area contributed by atoms with E-state index in [1.807, 2.05) is 24.3 Å². The molecule has 8 atom stereocenters. The number of carbonyl (C=O) groups excluding carboxylic acids is 6. The predicted molar refractivity (Wildman–Crippen MR) is 247 cm³/mol. The first-order valence-electron chi connectivity index (χ1n) is 24.0. The number of ether oxygens (including phenoxy) is 2. The number of likely N-dealkylation sites (tertiary alicyclic amines) is 2. The van der Waals surface area contributed by atoms with Crippen LogP contribution in [-0.2, 0) is 41.6 Å². The Morgan fingerprint density at radius 1 is 0.569 bits per heavy atom. The van der Waals surface area contributed by atoms with Crippen molar-refractivity contribution in [2.24, 2.45) is 0 Å². The van der Waals surface area contributed by atoms with Crippen LogP contribution in [0.4, 0.5) is 0 Å². The molecule has 6 N–H and O–H groups in total. The van der Waals surface area contributed by atoms with E-state index in [0.29, 0.717) is 39.1 Å². The molecule has 2 fully saturated rings. The van der Waals surface area contributed by atoms with Crippen molar-refractivity contribution in [1.82, 2.24) is 41.7 Å². The molecule has 2 aromatic carbocycles. The Kier molecular flexibility index (Phi) is 17.6. The van der Waals surface area contributed by atoms with Gasteiger partial charge < -0.3 is 51.2 Å². The van der Waals surface area contributed by atoms with Gasteiger partial charge in [0, 0.05) is 13.1 Å². The van der Waals surface area contributed by atoms with E-state index in [1.54, 1.807) is 51.6 Å². The van der Waals surface area contributed by atoms with Gasteiger partial charge in [-0.15, -0.1) is 0 Å². The van der Waals surface area contributed by atoms with E-state index in [9.17, 15) is 28.8 Å². The van der Waals surface area contributed by atoms with Crippen LogP contribution in [0.15, 0.2) is 36.4 Å². The van der Waals surface area contributed by atoms with E-state index < -0.39 is 36.3 Å². The van der Waals surface area contributed by atoms with Crippen molar-refractivity contribution in [3.8, 4) is 11.5 Å². The number of nitrogens with one attached hydrogen (secondary N) is 6. The van der Waals surface area contributed by atoms with Gasteiger partial charge in [-0.2, -0.15) is 0 Å². The lowest BCUT2D eigenvalue weighted by Crippen LogP contribution is -2.54. The van der Waals surface area contributed by atoms with Gasteiger partial charge in [-0.3, -0.25) is 28.8 Å². The third-order valence-electron chi connectivity index (χ3n) is 13.7. The van der Waals surface area contributed by atoms with Crippen LogP contribution in [0.5, 0.6) is 11.5 Å². The molecular weight excluding hydrogens is 829 g/mol. The van der Waals surface area contributed by atoms with Crippen LogP contribution < -0.4 is 41.4 Å². The molecule has 2 aromatic rings. The van der Waals surface area contributed by atoms with Crippen LogP contribution in [-0.4, -0.2) is 122 Å². The van der Waals surface area contributed by atoms with Gasteiger partial charge in [0.1, 0.15) is 35.7 Å². The number of benzene rings is 2. The molecule has 2 aliphatic heterocycles. The van der Waals surface area contributed by atoms with Crippen LogP contribution in [0.2, 0.25) is 0 Å². The summed E-state index contributed by atoms with van der Waals surface area (Å²) in [4.78, 5) is 82.1. The zero-order valence-electron chi connectivity index (χ0n) is 39.3. The third kappa shape index (κ3) is 12.2. The van der Waals surface area contributed by atoms with Gasteiger partial charge in [0.15, 0.2) is 0 Å². The second-order valence-electron chi connectivity index (χ2n) is 18.2. The number of amides is 6. The molecule has 16 nitrogen and oxygen atoms in total. The van der Waals surface area contributed by atoms with Crippen LogP contribution in [0, 0.1) is 0 Å². The molecule has 65 heavy (non-hydrogen) atoms. The summed E-state index contributed by atoms with van der Waals surface area (Å²) in [6.07, 6.45) is 10.4. The van der Waals surface area contributed by atoms with Crippen LogP contribution >= 0.6 is 0 Å². The molecule has 6 amide bonds. The lowest BCUT2D eigenvalue weighted by molar-refractivity contribution is -0.141. The summed E-state index contributed by atoms with van der Waals surface area (Å²) >= 11 is 0. The average Bonchev–Trinajstić information content (AvgIpc) is 4.02. The minimum atomic E-state index is -0.735. The van der Waals surface area contributed by atoms with E-state index in [4.69, 9.17) is 9.47 Å². The van der Waals surface area contributed by atoms with Crippen LogP contribution in [0.3, 0.4) is 0 Å². The number of likely N-dealkylation sites (N-methyl/N-ethyl adjacent to an activating group) is 2. The summed E-state index contributed by atoms with van der Waals surface area (Å²) in [6.45, 7) is 8.87. The molecular formula is C49H72N8O8. The Labute approximate surface area is 384 Å². The average molecular weight is 901 g/mol. The number of hydrogen-bond acceptors (Lipinski definition) is 10. The molecule has 0 saturated carbocycles. The quantitative estimate of drug-likeness (QED) is 0.107. The predicted octanol–water partition coefficient (Wildman–Crippen LogP) is 3.51. The first kappa shape index (κ1) is 49.2. The Bertz CT molecular complexity index is 1870. The van der Waals surface area contributed by atoms with E-state index in [1.165, 1.54) is 0 Å². The molecule has 2 aliphatic carbocycles. The Hall–Kier alpha value is -5.22. The van der Waals surface area contributed by atoms with E-state index in [2.05, 4.69) is 44.0 Å². The second-order valence-corrected chi connectivity index (χ2v) is 18.2. The highest BCUT2D eigenvalue weighted by atomic mass is 16.5. The molecule has 6 rings (SSSR count). The number of nitrogens with zero attached hydrogens (tertiary/aromatic N) is 2. The molecule has 16 heteroatoms. The lowest BCUT2D eigenvalue weighted by Gasteiger charge is -2.31. The highest BCUT2D eigenvalue weighted by Crippen LogP contribution is 2.37. The van der Waals surface area contributed by atoms with Gasteiger partial charge in [-0.25, -0.2) is 0 Å². The van der Waals surface area contributed by atoms with Crippen LogP contribution in [0.25, 0.3) is 0 Å². The topological polar surface area (TPSA) is 200 Å². The number of rotatable bonds is 20. The molecule has 0 aromatic heterocycles. The lowest BCUT2D eigenvalue weighted by atomic mass is 9.87. The highest BCUT2D eigenvalue weighted by Gasteiger charge is 2.40. The number of carbonyl (C=O) groups is 6. The molecule has 2 heterocycles. The largest absolute Gasteiger partial charge is 0.493 e. The molecule has 0 spiro atoms. The molecule has 2 saturated heterocycles. The third-order valence-corrected chi connectivity index (χ3v) is 13.7.